The summed E-state index contributed by atoms with van der Waals surface area (Å²) in [4.78, 5) is 3.35. The second-order valence-electron chi connectivity index (χ2n) is 4.02. The zero-order chi connectivity index (χ0) is 11.2. The van der Waals surface area contributed by atoms with Crippen LogP contribution in [0.25, 0.3) is 4.85 Å². The molecule has 0 fully saturated rings. The maximum absolute atomic E-state index is 6.65. The van der Waals surface area contributed by atoms with E-state index in [4.69, 9.17) is 6.57 Å². The van der Waals surface area contributed by atoms with E-state index in [-0.39, 0.29) is 0 Å². The van der Waals surface area contributed by atoms with Gasteiger partial charge in [-0.1, -0.05) is 44.8 Å². The maximum Gasteiger partial charge on any atom is 0.214 e. The maximum atomic E-state index is 6.65. The van der Waals surface area contributed by atoms with Crippen molar-refractivity contribution in [2.24, 2.45) is 0 Å². The quantitative estimate of drug-likeness (QED) is 0.270. The average molecular weight is 207 g/mol. The third kappa shape index (κ3) is 13.2. The van der Waals surface area contributed by atoms with Crippen molar-refractivity contribution in [2.75, 3.05) is 6.54 Å². The summed E-state index contributed by atoms with van der Waals surface area (Å²) in [6, 6.07) is 0. The Kier molecular flexibility index (Phi) is 12.6. The SMILES string of the molecule is [C-]#[N+]CCCCCCCCC/C=C\CC. The summed E-state index contributed by atoms with van der Waals surface area (Å²) in [6.45, 7) is 9.55. The third-order valence-corrected chi connectivity index (χ3v) is 2.54. The largest absolute Gasteiger partial charge is 0.317 e. The highest BCUT2D eigenvalue weighted by Crippen LogP contribution is 2.08. The standard InChI is InChI=1S/C14H25N/c1-3-4-5-6-7-8-9-10-11-12-13-14-15-2/h4-5H,3,6-14H2,1H3/b5-4-. The summed E-state index contributed by atoms with van der Waals surface area (Å²) in [7, 11) is 0. The van der Waals surface area contributed by atoms with E-state index >= 15 is 0 Å². The van der Waals surface area contributed by atoms with Crippen LogP contribution in [0.5, 0.6) is 0 Å². The first-order chi connectivity index (χ1) is 7.41. The summed E-state index contributed by atoms with van der Waals surface area (Å²) in [6.07, 6.45) is 16.1. The molecule has 0 radical (unpaired) electrons. The van der Waals surface area contributed by atoms with E-state index in [9.17, 15) is 0 Å². The third-order valence-electron chi connectivity index (χ3n) is 2.54. The van der Waals surface area contributed by atoms with Crippen molar-refractivity contribution >= 4 is 0 Å². The summed E-state index contributed by atoms with van der Waals surface area (Å²) in [5.41, 5.74) is 0. The minimum atomic E-state index is 0.724. The van der Waals surface area contributed by atoms with E-state index in [1.54, 1.807) is 0 Å². The van der Waals surface area contributed by atoms with E-state index in [0.717, 1.165) is 13.0 Å². The molecule has 86 valence electrons. The molecule has 0 N–H and O–H groups in total. The van der Waals surface area contributed by atoms with Crippen molar-refractivity contribution < 1.29 is 0 Å². The molecule has 0 atom stereocenters. The van der Waals surface area contributed by atoms with Crippen molar-refractivity contribution in [2.45, 2.75) is 64.7 Å². The van der Waals surface area contributed by atoms with E-state index in [0.29, 0.717) is 0 Å². The molecule has 0 heterocycles. The Labute approximate surface area is 95.4 Å². The number of unbranched alkanes of at least 4 members (excludes halogenated alkanes) is 7. The fraction of sp³-hybridized carbons (Fsp3) is 0.786. The van der Waals surface area contributed by atoms with Crippen LogP contribution in [0, 0.1) is 6.57 Å². The molecule has 0 aliphatic heterocycles. The molecule has 0 bridgehead atoms. The Hall–Kier alpha value is -0.770. The molecule has 1 nitrogen and oxygen atoms in total. The zero-order valence-corrected chi connectivity index (χ0v) is 10.2. The average Bonchev–Trinajstić information content (AvgIpc) is 2.26. The van der Waals surface area contributed by atoms with Gasteiger partial charge in [-0.25, -0.2) is 6.57 Å². The van der Waals surface area contributed by atoms with Gasteiger partial charge in [-0.2, -0.15) is 0 Å². The minimum absolute atomic E-state index is 0.724. The van der Waals surface area contributed by atoms with Crippen LogP contribution in [0.4, 0.5) is 0 Å². The molecule has 0 aromatic heterocycles. The summed E-state index contributed by atoms with van der Waals surface area (Å²) in [5, 5.41) is 0. The van der Waals surface area contributed by atoms with Crippen LogP contribution in [-0.4, -0.2) is 6.54 Å². The lowest BCUT2D eigenvalue weighted by atomic mass is 10.1. The van der Waals surface area contributed by atoms with Crippen molar-refractivity contribution in [3.05, 3.63) is 23.6 Å². The van der Waals surface area contributed by atoms with Gasteiger partial charge in [0.15, 0.2) is 0 Å². The number of allylic oxidation sites excluding steroid dienone is 2. The van der Waals surface area contributed by atoms with Gasteiger partial charge in [-0.15, -0.1) is 0 Å². The number of nitrogens with zero attached hydrogens (tertiary/aromatic N) is 1. The van der Waals surface area contributed by atoms with Gasteiger partial charge in [0.2, 0.25) is 6.54 Å². The van der Waals surface area contributed by atoms with Crippen molar-refractivity contribution in [3.63, 3.8) is 0 Å². The van der Waals surface area contributed by atoms with Gasteiger partial charge in [0.05, 0.1) is 0 Å². The fourth-order valence-corrected chi connectivity index (χ4v) is 1.62. The van der Waals surface area contributed by atoms with Gasteiger partial charge in [-0.3, -0.25) is 0 Å². The van der Waals surface area contributed by atoms with Gasteiger partial charge < -0.3 is 4.85 Å². The Balaban J connectivity index is 2.93. The second kappa shape index (κ2) is 13.2. The Morgan fingerprint density at radius 3 is 2.07 bits per heavy atom. The van der Waals surface area contributed by atoms with Crippen molar-refractivity contribution in [1.82, 2.24) is 0 Å². The second-order valence-corrected chi connectivity index (χ2v) is 4.02. The molecule has 0 saturated heterocycles. The van der Waals surface area contributed by atoms with Crippen LogP contribution >= 0.6 is 0 Å². The summed E-state index contributed by atoms with van der Waals surface area (Å²) >= 11 is 0. The molecular weight excluding hydrogens is 182 g/mol. The molecule has 0 aromatic carbocycles. The van der Waals surface area contributed by atoms with Crippen molar-refractivity contribution in [1.29, 1.82) is 0 Å². The van der Waals surface area contributed by atoms with Crippen molar-refractivity contribution in [3.8, 4) is 0 Å². The van der Waals surface area contributed by atoms with Gasteiger partial charge in [-0.05, 0) is 25.7 Å². The molecular formula is C14H25N. The summed E-state index contributed by atoms with van der Waals surface area (Å²) in [5.74, 6) is 0. The van der Waals surface area contributed by atoms with Gasteiger partial charge in [0.1, 0.15) is 0 Å². The lowest BCUT2D eigenvalue weighted by Gasteiger charge is -1.98. The molecule has 0 saturated carbocycles. The predicted octanol–water partition coefficient (Wildman–Crippen LogP) is 4.99. The topological polar surface area (TPSA) is 4.36 Å². The molecule has 0 aliphatic carbocycles. The van der Waals surface area contributed by atoms with Crippen LogP contribution in [0.3, 0.4) is 0 Å². The molecule has 0 rings (SSSR count). The highest BCUT2D eigenvalue weighted by Gasteiger charge is 1.92. The zero-order valence-electron chi connectivity index (χ0n) is 10.2. The smallest absolute Gasteiger partial charge is 0.214 e. The van der Waals surface area contributed by atoms with Gasteiger partial charge in [0, 0.05) is 6.42 Å². The Bertz CT molecular complexity index is 176. The van der Waals surface area contributed by atoms with E-state index in [1.165, 1.54) is 51.4 Å². The van der Waals surface area contributed by atoms with Crippen LogP contribution < -0.4 is 0 Å². The first kappa shape index (κ1) is 14.2. The van der Waals surface area contributed by atoms with E-state index in [2.05, 4.69) is 23.9 Å². The highest BCUT2D eigenvalue weighted by molar-refractivity contribution is 4.79. The lowest BCUT2D eigenvalue weighted by Crippen LogP contribution is -1.82. The van der Waals surface area contributed by atoms with Crippen LogP contribution in [-0.2, 0) is 0 Å². The van der Waals surface area contributed by atoms with E-state index < -0.39 is 0 Å². The molecule has 15 heavy (non-hydrogen) atoms. The van der Waals surface area contributed by atoms with Crippen LogP contribution in [0.1, 0.15) is 64.7 Å². The van der Waals surface area contributed by atoms with Crippen LogP contribution in [0.15, 0.2) is 12.2 Å². The fourth-order valence-electron chi connectivity index (χ4n) is 1.62. The normalized spacial score (nSPS) is 10.7. The molecule has 0 amide bonds. The monoisotopic (exact) mass is 207 g/mol. The first-order valence-corrected chi connectivity index (χ1v) is 6.40. The predicted molar refractivity (Wildman–Crippen MR) is 67.8 cm³/mol. The Morgan fingerprint density at radius 2 is 1.47 bits per heavy atom. The molecule has 1 heteroatoms. The molecule has 0 aliphatic rings. The lowest BCUT2D eigenvalue weighted by molar-refractivity contribution is 0.589. The molecule has 0 unspecified atom stereocenters. The van der Waals surface area contributed by atoms with Gasteiger partial charge >= 0.3 is 0 Å². The van der Waals surface area contributed by atoms with Crippen LogP contribution in [0.2, 0.25) is 0 Å². The summed E-state index contributed by atoms with van der Waals surface area (Å²) < 4.78 is 0. The van der Waals surface area contributed by atoms with Gasteiger partial charge in [0.25, 0.3) is 0 Å². The number of rotatable bonds is 10. The highest BCUT2D eigenvalue weighted by atomic mass is 14.6. The number of hydrogen-bond donors (Lipinski definition) is 0. The first-order valence-electron chi connectivity index (χ1n) is 6.40. The van der Waals surface area contributed by atoms with E-state index in [1.807, 2.05) is 0 Å². The molecule has 0 spiro atoms. The number of hydrogen-bond acceptors (Lipinski definition) is 0. The molecule has 0 aromatic rings. The Morgan fingerprint density at radius 1 is 0.867 bits per heavy atom. The minimum Gasteiger partial charge on any atom is -0.317 e.